The third-order valence-corrected chi connectivity index (χ3v) is 3.72. The number of aromatic nitrogens is 2. The van der Waals surface area contributed by atoms with Crippen molar-refractivity contribution < 1.29 is 8.78 Å². The van der Waals surface area contributed by atoms with Crippen molar-refractivity contribution in [3.05, 3.63) is 51.8 Å². The number of hydrogen-bond donors (Lipinski definition) is 1. The minimum Gasteiger partial charge on any atom is -0.327 e. The zero-order chi connectivity index (χ0) is 14.9. The highest BCUT2D eigenvalue weighted by Crippen LogP contribution is 2.21. The SMILES string of the molecule is Cc1nn(C)c(CC(N)Cc2cccc(F)c2F)c1Cl. The van der Waals surface area contributed by atoms with Crippen LogP contribution in [0.5, 0.6) is 0 Å². The van der Waals surface area contributed by atoms with Crippen LogP contribution in [0.25, 0.3) is 0 Å². The summed E-state index contributed by atoms with van der Waals surface area (Å²) in [5.41, 5.74) is 7.82. The Bertz CT molecular complexity index is 625. The van der Waals surface area contributed by atoms with Crippen LogP contribution in [0, 0.1) is 18.6 Å². The van der Waals surface area contributed by atoms with E-state index in [-0.39, 0.29) is 18.0 Å². The topological polar surface area (TPSA) is 43.8 Å². The molecule has 0 saturated carbocycles. The fraction of sp³-hybridized carbons (Fsp3) is 0.357. The van der Waals surface area contributed by atoms with Crippen LogP contribution in [-0.4, -0.2) is 15.8 Å². The molecule has 1 aromatic carbocycles. The van der Waals surface area contributed by atoms with Gasteiger partial charge >= 0.3 is 0 Å². The van der Waals surface area contributed by atoms with Crippen LogP contribution in [0.2, 0.25) is 5.02 Å². The van der Waals surface area contributed by atoms with E-state index in [0.717, 1.165) is 17.5 Å². The molecular weight excluding hydrogens is 284 g/mol. The van der Waals surface area contributed by atoms with Gasteiger partial charge in [-0.05, 0) is 25.0 Å². The second-order valence-electron chi connectivity index (χ2n) is 4.85. The highest BCUT2D eigenvalue weighted by Gasteiger charge is 2.17. The van der Waals surface area contributed by atoms with E-state index < -0.39 is 11.6 Å². The summed E-state index contributed by atoms with van der Waals surface area (Å²) in [7, 11) is 1.78. The molecule has 1 heterocycles. The molecule has 0 spiro atoms. The average Bonchev–Trinajstić information content (AvgIpc) is 2.62. The number of rotatable bonds is 4. The highest BCUT2D eigenvalue weighted by molar-refractivity contribution is 6.31. The van der Waals surface area contributed by atoms with Gasteiger partial charge in [0.25, 0.3) is 0 Å². The molecule has 108 valence electrons. The zero-order valence-electron chi connectivity index (χ0n) is 11.3. The predicted molar refractivity (Wildman–Crippen MR) is 74.7 cm³/mol. The Hall–Kier alpha value is -1.46. The molecule has 0 aliphatic rings. The Morgan fingerprint density at radius 1 is 1.35 bits per heavy atom. The van der Waals surface area contributed by atoms with Crippen molar-refractivity contribution in [3.8, 4) is 0 Å². The van der Waals surface area contributed by atoms with Gasteiger partial charge in [-0.2, -0.15) is 5.10 Å². The third kappa shape index (κ3) is 2.99. The van der Waals surface area contributed by atoms with Crippen LogP contribution in [0.4, 0.5) is 8.78 Å². The molecule has 1 aromatic heterocycles. The fourth-order valence-corrected chi connectivity index (χ4v) is 2.45. The highest BCUT2D eigenvalue weighted by atomic mass is 35.5. The van der Waals surface area contributed by atoms with Crippen molar-refractivity contribution in [2.45, 2.75) is 25.8 Å². The van der Waals surface area contributed by atoms with E-state index in [1.807, 2.05) is 6.92 Å². The maximum absolute atomic E-state index is 13.6. The molecule has 0 bridgehead atoms. The Labute approximate surface area is 121 Å². The lowest BCUT2D eigenvalue weighted by Crippen LogP contribution is -2.27. The van der Waals surface area contributed by atoms with Crippen molar-refractivity contribution in [3.63, 3.8) is 0 Å². The average molecular weight is 300 g/mol. The van der Waals surface area contributed by atoms with E-state index >= 15 is 0 Å². The van der Waals surface area contributed by atoms with E-state index in [9.17, 15) is 8.78 Å². The quantitative estimate of drug-likeness (QED) is 0.943. The van der Waals surface area contributed by atoms with Gasteiger partial charge in [0.1, 0.15) is 0 Å². The summed E-state index contributed by atoms with van der Waals surface area (Å²) >= 11 is 6.14. The first kappa shape index (κ1) is 14.9. The minimum atomic E-state index is -0.857. The molecule has 0 radical (unpaired) electrons. The lowest BCUT2D eigenvalue weighted by Gasteiger charge is -2.13. The molecule has 0 amide bonds. The summed E-state index contributed by atoms with van der Waals surface area (Å²) < 4.78 is 28.4. The largest absolute Gasteiger partial charge is 0.327 e. The summed E-state index contributed by atoms with van der Waals surface area (Å²) in [4.78, 5) is 0. The summed E-state index contributed by atoms with van der Waals surface area (Å²) in [5.74, 6) is -1.70. The maximum atomic E-state index is 13.6. The molecular formula is C14H16ClF2N3. The summed E-state index contributed by atoms with van der Waals surface area (Å²) in [6.07, 6.45) is 0.691. The lowest BCUT2D eigenvalue weighted by atomic mass is 10.0. The van der Waals surface area contributed by atoms with Gasteiger partial charge in [0.05, 0.1) is 16.4 Å². The molecule has 0 aliphatic heterocycles. The van der Waals surface area contributed by atoms with Crippen molar-refractivity contribution >= 4 is 11.6 Å². The standard InChI is InChI=1S/C14H16ClF2N3/c1-8-13(15)12(20(2)19-8)7-10(18)6-9-4-3-5-11(16)14(9)17/h3-5,10H,6-7,18H2,1-2H3. The van der Waals surface area contributed by atoms with Gasteiger partial charge < -0.3 is 5.73 Å². The number of nitrogens with zero attached hydrogens (tertiary/aromatic N) is 2. The summed E-state index contributed by atoms with van der Waals surface area (Å²) in [6.45, 7) is 1.81. The van der Waals surface area contributed by atoms with Gasteiger partial charge in [0, 0.05) is 19.5 Å². The van der Waals surface area contributed by atoms with Crippen LogP contribution in [0.3, 0.4) is 0 Å². The Kier molecular flexibility index (Phi) is 4.40. The maximum Gasteiger partial charge on any atom is 0.162 e. The molecule has 1 atom stereocenters. The normalized spacial score (nSPS) is 12.7. The monoisotopic (exact) mass is 299 g/mol. The van der Waals surface area contributed by atoms with Crippen LogP contribution < -0.4 is 5.73 Å². The van der Waals surface area contributed by atoms with E-state index in [4.69, 9.17) is 17.3 Å². The molecule has 3 nitrogen and oxygen atoms in total. The minimum absolute atomic E-state index is 0.240. The molecule has 0 saturated heterocycles. The van der Waals surface area contributed by atoms with Crippen molar-refractivity contribution in [2.24, 2.45) is 12.8 Å². The first-order chi connectivity index (χ1) is 9.40. The van der Waals surface area contributed by atoms with Crippen LogP contribution in [0.1, 0.15) is 17.0 Å². The van der Waals surface area contributed by atoms with Crippen LogP contribution in [0.15, 0.2) is 18.2 Å². The van der Waals surface area contributed by atoms with E-state index in [0.29, 0.717) is 11.4 Å². The van der Waals surface area contributed by atoms with E-state index in [2.05, 4.69) is 5.10 Å². The summed E-state index contributed by atoms with van der Waals surface area (Å²) in [6, 6.07) is 3.74. The number of nitrogens with two attached hydrogens (primary N) is 1. The molecule has 0 fully saturated rings. The van der Waals surface area contributed by atoms with Crippen molar-refractivity contribution in [1.82, 2.24) is 9.78 Å². The molecule has 2 N–H and O–H groups in total. The zero-order valence-corrected chi connectivity index (χ0v) is 12.1. The number of halogens is 3. The Balaban J connectivity index is 2.13. The molecule has 2 aromatic rings. The van der Waals surface area contributed by atoms with Crippen LogP contribution >= 0.6 is 11.6 Å². The Morgan fingerprint density at radius 2 is 2.05 bits per heavy atom. The van der Waals surface area contributed by atoms with E-state index in [1.54, 1.807) is 11.7 Å². The molecule has 6 heteroatoms. The van der Waals surface area contributed by atoms with Crippen molar-refractivity contribution in [1.29, 1.82) is 0 Å². The molecule has 2 rings (SSSR count). The van der Waals surface area contributed by atoms with Gasteiger partial charge in [-0.3, -0.25) is 4.68 Å². The summed E-state index contributed by atoms with van der Waals surface area (Å²) in [5, 5.41) is 4.77. The predicted octanol–water partition coefficient (Wildman–Crippen LogP) is 2.77. The fourth-order valence-electron chi connectivity index (χ4n) is 2.21. The lowest BCUT2D eigenvalue weighted by molar-refractivity contribution is 0.491. The molecule has 20 heavy (non-hydrogen) atoms. The number of benzene rings is 1. The smallest absolute Gasteiger partial charge is 0.162 e. The van der Waals surface area contributed by atoms with Gasteiger partial charge in [-0.25, -0.2) is 8.78 Å². The van der Waals surface area contributed by atoms with Crippen LogP contribution in [-0.2, 0) is 19.9 Å². The first-order valence-electron chi connectivity index (χ1n) is 6.26. The second kappa shape index (κ2) is 5.89. The van der Waals surface area contributed by atoms with Gasteiger partial charge in [0.2, 0.25) is 0 Å². The molecule has 1 unspecified atom stereocenters. The van der Waals surface area contributed by atoms with Gasteiger partial charge in [0.15, 0.2) is 11.6 Å². The van der Waals surface area contributed by atoms with Gasteiger partial charge in [-0.15, -0.1) is 0 Å². The number of aryl methyl sites for hydroxylation is 2. The third-order valence-electron chi connectivity index (χ3n) is 3.23. The first-order valence-corrected chi connectivity index (χ1v) is 6.64. The second-order valence-corrected chi connectivity index (χ2v) is 5.23. The Morgan fingerprint density at radius 3 is 2.65 bits per heavy atom. The van der Waals surface area contributed by atoms with E-state index in [1.165, 1.54) is 12.1 Å². The number of hydrogen-bond acceptors (Lipinski definition) is 2. The van der Waals surface area contributed by atoms with Crippen molar-refractivity contribution in [2.75, 3.05) is 0 Å². The molecule has 0 aliphatic carbocycles. The van der Waals surface area contributed by atoms with Gasteiger partial charge in [-0.1, -0.05) is 23.7 Å².